The van der Waals surface area contributed by atoms with E-state index in [4.69, 9.17) is 14.2 Å². The number of rotatable bonds is 6. The lowest BCUT2D eigenvalue weighted by atomic mass is 9.99. The SMILES string of the molecule is COc1ccc(CN2CCOC[C@]3(CC[C@@H](CN(C)C(C)C)O3)C2)cc1. The van der Waals surface area contributed by atoms with E-state index in [1.54, 1.807) is 7.11 Å². The molecular weight excluding hydrogens is 328 g/mol. The van der Waals surface area contributed by atoms with Crippen LogP contribution in [0.4, 0.5) is 0 Å². The minimum atomic E-state index is -0.147. The first-order valence-corrected chi connectivity index (χ1v) is 9.81. The number of ether oxygens (including phenoxy) is 3. The highest BCUT2D eigenvalue weighted by molar-refractivity contribution is 5.27. The Morgan fingerprint density at radius 2 is 2.08 bits per heavy atom. The van der Waals surface area contributed by atoms with E-state index in [0.717, 1.165) is 51.4 Å². The zero-order valence-corrected chi connectivity index (χ0v) is 16.7. The molecule has 1 aromatic carbocycles. The molecule has 2 heterocycles. The van der Waals surface area contributed by atoms with Gasteiger partial charge in [0, 0.05) is 32.2 Å². The Labute approximate surface area is 158 Å². The second-order valence-corrected chi connectivity index (χ2v) is 8.11. The highest BCUT2D eigenvalue weighted by atomic mass is 16.6. The van der Waals surface area contributed by atoms with Crippen molar-refractivity contribution in [3.05, 3.63) is 29.8 Å². The average Bonchev–Trinajstić information content (AvgIpc) is 2.90. The van der Waals surface area contributed by atoms with E-state index in [1.165, 1.54) is 5.56 Å². The molecule has 2 fully saturated rings. The van der Waals surface area contributed by atoms with E-state index in [1.807, 2.05) is 12.1 Å². The number of hydrogen-bond donors (Lipinski definition) is 0. The van der Waals surface area contributed by atoms with Crippen molar-refractivity contribution in [1.29, 1.82) is 0 Å². The van der Waals surface area contributed by atoms with Gasteiger partial charge in [0.25, 0.3) is 0 Å². The van der Waals surface area contributed by atoms with E-state index < -0.39 is 0 Å². The Bertz CT molecular complexity index is 563. The van der Waals surface area contributed by atoms with Crippen molar-refractivity contribution in [2.75, 3.05) is 47.0 Å². The van der Waals surface area contributed by atoms with E-state index in [2.05, 4.69) is 42.8 Å². The van der Waals surface area contributed by atoms with E-state index in [9.17, 15) is 0 Å². The van der Waals surface area contributed by atoms with E-state index in [-0.39, 0.29) is 5.60 Å². The summed E-state index contributed by atoms with van der Waals surface area (Å²) in [5.74, 6) is 0.903. The van der Waals surface area contributed by atoms with E-state index >= 15 is 0 Å². The van der Waals surface area contributed by atoms with Crippen LogP contribution in [0.3, 0.4) is 0 Å². The van der Waals surface area contributed by atoms with Gasteiger partial charge in [0.15, 0.2) is 0 Å². The molecule has 2 atom stereocenters. The summed E-state index contributed by atoms with van der Waals surface area (Å²) in [5, 5.41) is 0. The first-order valence-electron chi connectivity index (χ1n) is 9.81. The fourth-order valence-corrected chi connectivity index (χ4v) is 3.89. The van der Waals surface area contributed by atoms with Crippen LogP contribution in [0.1, 0.15) is 32.3 Å². The van der Waals surface area contributed by atoms with Crippen LogP contribution in [0.5, 0.6) is 5.75 Å². The van der Waals surface area contributed by atoms with Gasteiger partial charge in [-0.05, 0) is 51.4 Å². The molecule has 5 heteroatoms. The third-order valence-corrected chi connectivity index (χ3v) is 5.71. The molecule has 2 saturated heterocycles. The van der Waals surface area contributed by atoms with Crippen LogP contribution in [0, 0.1) is 0 Å². The number of methoxy groups -OCH3 is 1. The normalized spacial score (nSPS) is 27.4. The molecule has 5 nitrogen and oxygen atoms in total. The van der Waals surface area contributed by atoms with Gasteiger partial charge in [0.05, 0.1) is 26.4 Å². The summed E-state index contributed by atoms with van der Waals surface area (Å²) in [5.41, 5.74) is 1.16. The summed E-state index contributed by atoms with van der Waals surface area (Å²) in [7, 11) is 3.88. The monoisotopic (exact) mass is 362 g/mol. The van der Waals surface area contributed by atoms with Crippen LogP contribution in [0.25, 0.3) is 0 Å². The number of hydrogen-bond acceptors (Lipinski definition) is 5. The maximum Gasteiger partial charge on any atom is 0.118 e. The van der Waals surface area contributed by atoms with Crippen LogP contribution < -0.4 is 4.74 Å². The fourth-order valence-electron chi connectivity index (χ4n) is 3.89. The first kappa shape index (κ1) is 19.6. The van der Waals surface area contributed by atoms with Crippen molar-refractivity contribution >= 4 is 0 Å². The van der Waals surface area contributed by atoms with Crippen molar-refractivity contribution < 1.29 is 14.2 Å². The van der Waals surface area contributed by atoms with Crippen LogP contribution in [0.2, 0.25) is 0 Å². The largest absolute Gasteiger partial charge is 0.497 e. The smallest absolute Gasteiger partial charge is 0.118 e. The van der Waals surface area contributed by atoms with Crippen molar-refractivity contribution in [2.24, 2.45) is 0 Å². The topological polar surface area (TPSA) is 34.2 Å². The number of nitrogens with zero attached hydrogens (tertiary/aromatic N) is 2. The van der Waals surface area contributed by atoms with Gasteiger partial charge in [-0.15, -0.1) is 0 Å². The predicted molar refractivity (Wildman–Crippen MR) is 104 cm³/mol. The summed E-state index contributed by atoms with van der Waals surface area (Å²) in [6, 6.07) is 8.90. The molecule has 1 spiro atoms. The Kier molecular flexibility index (Phi) is 6.56. The minimum absolute atomic E-state index is 0.147. The molecule has 26 heavy (non-hydrogen) atoms. The van der Waals surface area contributed by atoms with Crippen molar-refractivity contribution in [3.8, 4) is 5.75 Å². The van der Waals surface area contributed by atoms with Gasteiger partial charge in [0.1, 0.15) is 11.4 Å². The molecular formula is C21H34N2O3. The Morgan fingerprint density at radius 1 is 1.31 bits per heavy atom. The summed E-state index contributed by atoms with van der Waals surface area (Å²) < 4.78 is 17.8. The molecule has 2 aliphatic rings. The van der Waals surface area contributed by atoms with Gasteiger partial charge >= 0.3 is 0 Å². The Morgan fingerprint density at radius 3 is 2.77 bits per heavy atom. The van der Waals surface area contributed by atoms with Gasteiger partial charge in [0.2, 0.25) is 0 Å². The first-order chi connectivity index (χ1) is 12.5. The van der Waals surface area contributed by atoms with Gasteiger partial charge in [-0.2, -0.15) is 0 Å². The van der Waals surface area contributed by atoms with Gasteiger partial charge in [-0.25, -0.2) is 0 Å². The maximum absolute atomic E-state index is 6.57. The van der Waals surface area contributed by atoms with Crippen LogP contribution >= 0.6 is 0 Å². The van der Waals surface area contributed by atoms with Crippen molar-refractivity contribution in [3.63, 3.8) is 0 Å². The number of likely N-dealkylation sites (N-methyl/N-ethyl adjacent to an activating group) is 1. The average molecular weight is 363 g/mol. The summed E-state index contributed by atoms with van der Waals surface area (Å²) >= 11 is 0. The van der Waals surface area contributed by atoms with Gasteiger partial charge in [-0.3, -0.25) is 4.90 Å². The quantitative estimate of drug-likeness (QED) is 0.777. The van der Waals surface area contributed by atoms with Gasteiger partial charge in [-0.1, -0.05) is 12.1 Å². The third-order valence-electron chi connectivity index (χ3n) is 5.71. The highest BCUT2D eigenvalue weighted by Gasteiger charge is 2.43. The molecule has 0 unspecified atom stereocenters. The second kappa shape index (κ2) is 8.70. The van der Waals surface area contributed by atoms with Crippen molar-refractivity contribution in [2.45, 2.75) is 51.0 Å². The molecule has 0 saturated carbocycles. The Balaban J connectivity index is 1.60. The zero-order chi connectivity index (χ0) is 18.6. The lowest BCUT2D eigenvalue weighted by Gasteiger charge is -2.33. The standard InChI is InChI=1S/C21H34N2O3/c1-17(2)22(3)14-20-9-10-21(26-20)15-23(11-12-25-16-21)13-18-5-7-19(24-4)8-6-18/h5-8,17,20H,9-16H2,1-4H3/t20-,21-/m0/s1. The molecule has 0 radical (unpaired) electrons. The molecule has 0 aromatic heterocycles. The molecule has 0 amide bonds. The third kappa shape index (κ3) is 4.97. The molecule has 3 rings (SSSR count). The zero-order valence-electron chi connectivity index (χ0n) is 16.7. The lowest BCUT2D eigenvalue weighted by Crippen LogP contribution is -2.45. The lowest BCUT2D eigenvalue weighted by molar-refractivity contribution is -0.0924. The molecule has 1 aromatic rings. The summed E-state index contributed by atoms with van der Waals surface area (Å²) in [6.07, 6.45) is 2.52. The van der Waals surface area contributed by atoms with Gasteiger partial charge < -0.3 is 19.1 Å². The molecule has 0 N–H and O–H groups in total. The second-order valence-electron chi connectivity index (χ2n) is 8.11. The van der Waals surface area contributed by atoms with Crippen LogP contribution in [0.15, 0.2) is 24.3 Å². The molecule has 0 aliphatic carbocycles. The molecule has 2 aliphatic heterocycles. The summed E-state index contributed by atoms with van der Waals surface area (Å²) in [4.78, 5) is 4.85. The fraction of sp³-hybridized carbons (Fsp3) is 0.714. The summed E-state index contributed by atoms with van der Waals surface area (Å²) in [6.45, 7) is 9.78. The van der Waals surface area contributed by atoms with Crippen LogP contribution in [-0.2, 0) is 16.0 Å². The molecule has 0 bridgehead atoms. The predicted octanol–water partition coefficient (Wildman–Crippen LogP) is 2.79. The minimum Gasteiger partial charge on any atom is -0.497 e. The number of benzene rings is 1. The van der Waals surface area contributed by atoms with E-state index in [0.29, 0.717) is 18.8 Å². The maximum atomic E-state index is 6.57. The van der Waals surface area contributed by atoms with Crippen LogP contribution in [-0.4, -0.2) is 74.6 Å². The van der Waals surface area contributed by atoms with Crippen molar-refractivity contribution in [1.82, 2.24) is 9.80 Å². The Hall–Kier alpha value is -1.14. The molecule has 146 valence electrons. The highest BCUT2D eigenvalue weighted by Crippen LogP contribution is 2.34.